The molecule has 0 amide bonds. The number of allylic oxidation sites excluding steroid dienone is 3. The summed E-state index contributed by atoms with van der Waals surface area (Å²) >= 11 is 34.5. The first-order valence-electron chi connectivity index (χ1n) is 29.8. The Morgan fingerprint density at radius 3 is 1.26 bits per heavy atom. The average Bonchev–Trinajstić information content (AvgIpc) is 1.74. The minimum atomic E-state index is -1.21. The Bertz CT molecular complexity index is 4350. The largest absolute Gasteiger partial charge is 0.249 e. The Morgan fingerprint density at radius 1 is 0.432 bits per heavy atom. The zero-order valence-electron chi connectivity index (χ0n) is 51.4. The summed E-state index contributed by atoms with van der Waals surface area (Å²) in [5.74, 6) is 9.18. The van der Waals surface area contributed by atoms with Crippen molar-refractivity contribution in [2.75, 3.05) is 0 Å². The van der Waals surface area contributed by atoms with Crippen molar-refractivity contribution in [3.8, 4) is 33.5 Å². The summed E-state index contributed by atoms with van der Waals surface area (Å²) in [6.07, 6.45) is 24.3. The van der Waals surface area contributed by atoms with Crippen molar-refractivity contribution < 1.29 is 12.6 Å². The molecule has 0 N–H and O–H groups in total. The van der Waals surface area contributed by atoms with Gasteiger partial charge in [0.05, 0.1) is 25.5 Å². The summed E-state index contributed by atoms with van der Waals surface area (Å²) in [6, 6.07) is 70.0. The molecule has 1 aliphatic carbocycles. The van der Waals surface area contributed by atoms with Gasteiger partial charge in [0, 0.05) is 135 Å². The third-order valence-electron chi connectivity index (χ3n) is 13.2. The van der Waals surface area contributed by atoms with Gasteiger partial charge < -0.3 is 0 Å². The summed E-state index contributed by atoms with van der Waals surface area (Å²) in [5.41, 5.74) is 6.07. The van der Waals surface area contributed by atoms with Gasteiger partial charge in [0.25, 0.3) is 0 Å². The van der Waals surface area contributed by atoms with Crippen molar-refractivity contribution >= 4 is 195 Å². The molecule has 95 heavy (non-hydrogen) atoms. The molecule has 3 nitrogen and oxygen atoms in total. The predicted molar refractivity (Wildman–Crippen MR) is 435 cm³/mol. The second kappa shape index (κ2) is 48.6. The minimum Gasteiger partial charge on any atom is -0.249 e. The molecule has 1 aliphatic rings. The van der Waals surface area contributed by atoms with Crippen LogP contribution in [0.25, 0.3) is 29.0 Å². The van der Waals surface area contributed by atoms with Crippen LogP contribution in [-0.2, 0) is 121 Å². The molecule has 0 saturated carbocycles. The molecule has 0 heterocycles. The number of hydrogen-bond donors (Lipinski definition) is 0. The van der Waals surface area contributed by atoms with E-state index in [-0.39, 0.29) is 0 Å². The SMILES string of the molecule is Clc1ccc(/C=C/CCCC#CSc2ccccc2)cc1.O=S(C#CCCC/C=C/c1ccc(Cl)cc1)c1ccccc1.O=S(C#CCCC/C=C/c1ccc(Cl)cc1)c1ccccc1.O=S(c1ccccc1)c1c2c(cc3ccc(Cl)cc13)CCC2.S=S=S=S=S=S=S=S. The molecule has 10 rings (SSSR count). The first-order chi connectivity index (χ1) is 46.5. The van der Waals surface area contributed by atoms with E-state index in [0.29, 0.717) is 5.02 Å². The lowest BCUT2D eigenvalue weighted by Crippen LogP contribution is -2.00. The van der Waals surface area contributed by atoms with Crippen molar-refractivity contribution in [3.63, 3.8) is 0 Å². The van der Waals surface area contributed by atoms with Crippen LogP contribution in [-0.4, -0.2) is 12.6 Å². The van der Waals surface area contributed by atoms with Gasteiger partial charge in [-0.25, -0.2) is 12.6 Å². The summed E-state index contributed by atoms with van der Waals surface area (Å²) in [5, 5.41) is 13.9. The monoisotopic (exact) mass is 1550 g/mol. The first kappa shape index (κ1) is 78.9. The molecule has 0 fully saturated rings. The highest BCUT2D eigenvalue weighted by Crippen LogP contribution is 2.37. The maximum Gasteiger partial charge on any atom is 0.130 e. The van der Waals surface area contributed by atoms with Crippen molar-refractivity contribution in [3.05, 3.63) is 285 Å². The number of benzene rings is 9. The van der Waals surface area contributed by atoms with E-state index in [2.05, 4.69) is 111 Å². The van der Waals surface area contributed by atoms with Crippen LogP contribution in [0.2, 0.25) is 20.1 Å². The summed E-state index contributed by atoms with van der Waals surface area (Å²) in [7, 11) is 5.52. The molecular weight excluding hydrogens is 1490 g/mol. The second-order valence-electron chi connectivity index (χ2n) is 20.0. The minimum absolute atomic E-state index is 0.691. The summed E-state index contributed by atoms with van der Waals surface area (Å²) in [4.78, 5) is 4.53. The number of aryl methyl sites for hydroxylation is 1. The van der Waals surface area contributed by atoms with E-state index in [1.807, 2.05) is 200 Å². The molecule has 0 spiro atoms. The molecule has 0 aliphatic heterocycles. The van der Waals surface area contributed by atoms with E-state index in [9.17, 15) is 12.6 Å². The Kier molecular flexibility index (Phi) is 40.3. The Morgan fingerprint density at radius 2 is 0.832 bits per heavy atom. The highest BCUT2D eigenvalue weighted by molar-refractivity contribution is 8.70. The fraction of sp³-hybridized carbons (Fsp3) is 0.158. The lowest BCUT2D eigenvalue weighted by Gasteiger charge is -2.13. The Balaban J connectivity index is 0.000000193. The summed E-state index contributed by atoms with van der Waals surface area (Å²) < 4.78 is 36.9. The van der Waals surface area contributed by atoms with Crippen LogP contribution in [0.3, 0.4) is 0 Å². The molecule has 19 heteroatoms. The molecule has 0 bridgehead atoms. The van der Waals surface area contributed by atoms with E-state index in [1.54, 1.807) is 47.3 Å². The standard InChI is InChI=1S/C19H15ClOS.2C19H17ClOS.C19H17ClS.S8/c20-15-10-9-14-11-13-5-4-8-17(13)19(18(14)12-15)22(21)16-6-2-1-3-7-16;2*20-18-14-12-17(13-15-18)9-5-2-1-3-8-16-22(21)19-10-6-4-7-11-19;20-18-14-12-17(13-15-18)9-5-2-1-3-8-16-21-19-10-6-4-7-11-19;1-3-5-7-8-6-4-2/h1-3,6-7,9-12H,4-5,8H2;2*4-7,9-15H,1-3H2;4-7,9-15H,1-3H2;/b;3*9-5+;. The number of halogens is 4. The fourth-order valence-electron chi connectivity index (χ4n) is 8.68. The Labute approximate surface area is 620 Å². The lowest BCUT2D eigenvalue weighted by atomic mass is 10.0. The maximum atomic E-state index is 13.2. The third kappa shape index (κ3) is 32.4. The van der Waals surface area contributed by atoms with E-state index in [0.717, 1.165) is 134 Å². The number of hydrogen-bond acceptors (Lipinski definition) is 6. The molecule has 9 aromatic rings. The van der Waals surface area contributed by atoms with Crippen LogP contribution >= 0.6 is 58.2 Å². The van der Waals surface area contributed by atoms with Gasteiger partial charge in [0.2, 0.25) is 0 Å². The smallest absolute Gasteiger partial charge is 0.130 e. The van der Waals surface area contributed by atoms with Crippen LogP contribution in [0.1, 0.15) is 92.0 Å². The van der Waals surface area contributed by atoms with Crippen LogP contribution in [0.4, 0.5) is 0 Å². The number of thioether (sulfide) groups is 1. The van der Waals surface area contributed by atoms with Gasteiger partial charge in [-0.2, -0.15) is 0 Å². The van der Waals surface area contributed by atoms with Gasteiger partial charge in [-0.05, 0) is 210 Å². The van der Waals surface area contributed by atoms with Gasteiger partial charge >= 0.3 is 0 Å². The zero-order valence-corrected chi connectivity index (χ0v) is 64.2. The van der Waals surface area contributed by atoms with Gasteiger partial charge in [0.1, 0.15) is 21.6 Å². The number of fused-ring (bicyclic) bond motifs is 2. The second-order valence-corrected chi connectivity index (χ2v) is 37.1. The molecular formula is C76H66Cl4O3S12. The van der Waals surface area contributed by atoms with Gasteiger partial charge in [-0.1, -0.05) is 222 Å². The van der Waals surface area contributed by atoms with Crippen LogP contribution < -0.4 is 0 Å². The van der Waals surface area contributed by atoms with E-state index >= 15 is 0 Å². The predicted octanol–water partition coefficient (Wildman–Crippen LogP) is 22.0. The van der Waals surface area contributed by atoms with E-state index in [1.165, 1.54) is 39.3 Å². The molecule has 0 aromatic heterocycles. The fourth-order valence-corrected chi connectivity index (χ4v) is 23.8. The summed E-state index contributed by atoms with van der Waals surface area (Å²) in [6.45, 7) is 0. The van der Waals surface area contributed by atoms with E-state index < -0.39 is 32.4 Å². The lowest BCUT2D eigenvalue weighted by molar-refractivity contribution is 0.682. The topological polar surface area (TPSA) is 51.2 Å². The van der Waals surface area contributed by atoms with Crippen LogP contribution in [0.5, 0.6) is 0 Å². The first-order valence-corrected chi connectivity index (χ1v) is 44.9. The van der Waals surface area contributed by atoms with Gasteiger partial charge in [0.15, 0.2) is 0 Å². The van der Waals surface area contributed by atoms with Crippen molar-refractivity contribution in [2.45, 2.75) is 102 Å². The number of rotatable bonds is 17. The third-order valence-corrected chi connectivity index (χ3v) is 29.6. The van der Waals surface area contributed by atoms with Crippen LogP contribution in [0.15, 0.2) is 261 Å². The highest BCUT2D eigenvalue weighted by Gasteiger charge is 2.23. The molecule has 9 aromatic carbocycles. The molecule has 3 atom stereocenters. The molecule has 0 radical (unpaired) electrons. The maximum absolute atomic E-state index is 13.2. The van der Waals surface area contributed by atoms with Gasteiger partial charge in [-0.15, -0.1) is 0 Å². The average molecular weight is 1550 g/mol. The van der Waals surface area contributed by atoms with Crippen molar-refractivity contribution in [1.29, 1.82) is 0 Å². The molecule has 488 valence electrons. The Hall–Kier alpha value is -5.14. The normalized spacial score (nSPS) is 11.8. The van der Waals surface area contributed by atoms with Crippen molar-refractivity contribution in [2.24, 2.45) is 0 Å². The van der Waals surface area contributed by atoms with Gasteiger partial charge in [-0.3, -0.25) is 0 Å². The number of unbranched alkanes of at least 4 members (excludes halogenated alkanes) is 6. The molecule has 0 saturated heterocycles. The zero-order chi connectivity index (χ0) is 67.3. The van der Waals surface area contributed by atoms with Crippen molar-refractivity contribution in [1.82, 2.24) is 0 Å². The molecule has 3 unspecified atom stereocenters. The van der Waals surface area contributed by atoms with Crippen LogP contribution in [0, 0.1) is 33.5 Å². The quantitative estimate of drug-likeness (QED) is 0.0514. The highest BCUT2D eigenvalue weighted by atomic mass is 35.5. The van der Waals surface area contributed by atoms with E-state index in [4.69, 9.17) is 46.4 Å².